The summed E-state index contributed by atoms with van der Waals surface area (Å²) in [6.45, 7) is 0.494. The van der Waals surface area contributed by atoms with Crippen molar-refractivity contribution in [3.8, 4) is 0 Å². The van der Waals surface area contributed by atoms with Gasteiger partial charge in [0.15, 0.2) is 5.84 Å². The van der Waals surface area contributed by atoms with E-state index < -0.39 is 5.82 Å². The SMILES string of the molecule is N/C(=N/O)c1cc(F)cc(CNCC(=O)NC2CC2)c1. The summed E-state index contributed by atoms with van der Waals surface area (Å²) < 4.78 is 13.4. The number of hydrogen-bond donors (Lipinski definition) is 4. The third kappa shape index (κ3) is 4.20. The van der Waals surface area contributed by atoms with Gasteiger partial charge in [-0.25, -0.2) is 4.39 Å². The second-order valence-corrected chi connectivity index (χ2v) is 4.78. The van der Waals surface area contributed by atoms with Crippen LogP contribution in [0.4, 0.5) is 4.39 Å². The third-order valence-corrected chi connectivity index (χ3v) is 2.92. The smallest absolute Gasteiger partial charge is 0.234 e. The van der Waals surface area contributed by atoms with Gasteiger partial charge in [0.2, 0.25) is 5.91 Å². The molecule has 0 aliphatic heterocycles. The molecule has 108 valence electrons. The van der Waals surface area contributed by atoms with Crippen molar-refractivity contribution in [3.63, 3.8) is 0 Å². The predicted octanol–water partition coefficient (Wildman–Crippen LogP) is 0.288. The van der Waals surface area contributed by atoms with Gasteiger partial charge in [-0.1, -0.05) is 5.16 Å². The zero-order chi connectivity index (χ0) is 14.5. The van der Waals surface area contributed by atoms with Gasteiger partial charge in [0.05, 0.1) is 6.54 Å². The lowest BCUT2D eigenvalue weighted by Crippen LogP contribution is -2.34. The third-order valence-electron chi connectivity index (χ3n) is 2.92. The van der Waals surface area contributed by atoms with Crippen LogP contribution in [-0.2, 0) is 11.3 Å². The number of oxime groups is 1. The van der Waals surface area contributed by atoms with Crippen molar-refractivity contribution >= 4 is 11.7 Å². The minimum Gasteiger partial charge on any atom is -0.409 e. The molecular weight excluding hydrogens is 263 g/mol. The molecule has 20 heavy (non-hydrogen) atoms. The van der Waals surface area contributed by atoms with Crippen molar-refractivity contribution in [2.75, 3.05) is 6.54 Å². The lowest BCUT2D eigenvalue weighted by atomic mass is 10.1. The first-order chi connectivity index (χ1) is 9.58. The summed E-state index contributed by atoms with van der Waals surface area (Å²) in [5.41, 5.74) is 6.33. The summed E-state index contributed by atoms with van der Waals surface area (Å²) in [5.74, 6) is -0.703. The standard InChI is InChI=1S/C13H17FN4O2/c14-10-4-8(3-9(5-10)13(15)18-20)6-16-7-12(19)17-11-1-2-11/h3-5,11,16,20H,1-2,6-7H2,(H2,15,18)(H,17,19). The van der Waals surface area contributed by atoms with Crippen molar-refractivity contribution in [2.45, 2.75) is 25.4 Å². The second-order valence-electron chi connectivity index (χ2n) is 4.78. The Balaban J connectivity index is 1.88. The molecule has 1 aromatic carbocycles. The highest BCUT2D eigenvalue weighted by atomic mass is 19.1. The Bertz CT molecular complexity index is 529. The van der Waals surface area contributed by atoms with Gasteiger partial charge in [0.1, 0.15) is 5.82 Å². The number of carbonyl (C=O) groups excluding carboxylic acids is 1. The van der Waals surface area contributed by atoms with E-state index in [2.05, 4.69) is 15.8 Å². The molecule has 0 atom stereocenters. The first-order valence-electron chi connectivity index (χ1n) is 6.36. The molecule has 1 fully saturated rings. The molecule has 0 radical (unpaired) electrons. The molecule has 0 heterocycles. The lowest BCUT2D eigenvalue weighted by molar-refractivity contribution is -0.120. The van der Waals surface area contributed by atoms with E-state index >= 15 is 0 Å². The number of hydrogen-bond acceptors (Lipinski definition) is 4. The second kappa shape index (κ2) is 6.33. The highest BCUT2D eigenvalue weighted by molar-refractivity contribution is 5.97. The topological polar surface area (TPSA) is 99.7 Å². The number of amides is 1. The molecule has 5 N–H and O–H groups in total. The number of amidine groups is 1. The molecule has 0 aromatic heterocycles. The first-order valence-corrected chi connectivity index (χ1v) is 6.36. The maximum atomic E-state index is 13.4. The molecule has 0 spiro atoms. The zero-order valence-corrected chi connectivity index (χ0v) is 10.9. The highest BCUT2D eigenvalue weighted by Gasteiger charge is 2.22. The fraction of sp³-hybridized carbons (Fsp3) is 0.385. The van der Waals surface area contributed by atoms with Gasteiger partial charge in [-0.3, -0.25) is 4.79 Å². The van der Waals surface area contributed by atoms with Crippen molar-refractivity contribution in [1.82, 2.24) is 10.6 Å². The minimum absolute atomic E-state index is 0.0689. The molecule has 7 heteroatoms. The molecule has 1 saturated carbocycles. The molecule has 0 unspecified atom stereocenters. The van der Waals surface area contributed by atoms with Crippen molar-refractivity contribution in [2.24, 2.45) is 10.9 Å². The van der Waals surface area contributed by atoms with Gasteiger partial charge < -0.3 is 21.6 Å². The van der Waals surface area contributed by atoms with Crippen molar-refractivity contribution in [1.29, 1.82) is 0 Å². The van der Waals surface area contributed by atoms with Crippen LogP contribution in [0, 0.1) is 5.82 Å². The maximum absolute atomic E-state index is 13.4. The van der Waals surface area contributed by atoms with E-state index in [1.807, 2.05) is 0 Å². The number of nitrogens with two attached hydrogens (primary N) is 1. The first kappa shape index (κ1) is 14.3. The number of nitrogens with zero attached hydrogens (tertiary/aromatic N) is 1. The van der Waals surface area contributed by atoms with Crippen molar-refractivity contribution in [3.05, 3.63) is 35.1 Å². The van der Waals surface area contributed by atoms with Crippen LogP contribution in [0.2, 0.25) is 0 Å². The molecule has 1 aliphatic rings. The highest BCUT2D eigenvalue weighted by Crippen LogP contribution is 2.18. The fourth-order valence-electron chi connectivity index (χ4n) is 1.78. The van der Waals surface area contributed by atoms with E-state index in [0.29, 0.717) is 23.7 Å². The Morgan fingerprint density at radius 3 is 2.85 bits per heavy atom. The monoisotopic (exact) mass is 280 g/mol. The summed E-state index contributed by atoms with van der Waals surface area (Å²) in [6.07, 6.45) is 2.08. The van der Waals surface area contributed by atoms with E-state index in [0.717, 1.165) is 12.8 Å². The van der Waals surface area contributed by atoms with Crippen LogP contribution in [0.3, 0.4) is 0 Å². The number of rotatable bonds is 6. The summed E-state index contributed by atoms with van der Waals surface area (Å²) in [6, 6.07) is 4.44. The number of nitrogens with one attached hydrogen (secondary N) is 2. The maximum Gasteiger partial charge on any atom is 0.234 e. The van der Waals surface area contributed by atoms with Gasteiger partial charge in [-0.05, 0) is 36.6 Å². The summed E-state index contributed by atoms with van der Waals surface area (Å²) in [7, 11) is 0. The lowest BCUT2D eigenvalue weighted by Gasteiger charge is -2.07. The van der Waals surface area contributed by atoms with Crippen LogP contribution < -0.4 is 16.4 Å². The Kier molecular flexibility index (Phi) is 4.52. The van der Waals surface area contributed by atoms with Crippen LogP contribution in [0.5, 0.6) is 0 Å². The normalized spacial score (nSPS) is 15.2. The predicted molar refractivity (Wildman–Crippen MR) is 71.8 cm³/mol. The van der Waals surface area contributed by atoms with Gasteiger partial charge in [-0.2, -0.15) is 0 Å². The molecule has 0 bridgehead atoms. The van der Waals surface area contributed by atoms with Crippen LogP contribution >= 0.6 is 0 Å². The quantitative estimate of drug-likeness (QED) is 0.260. The Morgan fingerprint density at radius 2 is 2.20 bits per heavy atom. The molecule has 1 amide bonds. The zero-order valence-electron chi connectivity index (χ0n) is 10.9. The Labute approximate surface area is 115 Å². The number of halogens is 1. The molecule has 2 rings (SSSR count). The molecular formula is C13H17FN4O2. The largest absolute Gasteiger partial charge is 0.409 e. The van der Waals surface area contributed by atoms with Gasteiger partial charge in [-0.15, -0.1) is 0 Å². The number of carbonyl (C=O) groups is 1. The molecule has 0 saturated heterocycles. The van der Waals surface area contributed by atoms with Crippen LogP contribution in [-0.4, -0.2) is 29.5 Å². The van der Waals surface area contributed by atoms with E-state index in [1.54, 1.807) is 6.07 Å². The van der Waals surface area contributed by atoms with Crippen LogP contribution in [0.25, 0.3) is 0 Å². The van der Waals surface area contributed by atoms with Crippen LogP contribution in [0.1, 0.15) is 24.0 Å². The van der Waals surface area contributed by atoms with Gasteiger partial charge in [0.25, 0.3) is 0 Å². The average molecular weight is 280 g/mol. The summed E-state index contributed by atoms with van der Waals surface area (Å²) in [5, 5.41) is 17.2. The van der Waals surface area contributed by atoms with Crippen molar-refractivity contribution < 1.29 is 14.4 Å². The van der Waals surface area contributed by atoms with E-state index in [1.165, 1.54) is 12.1 Å². The Hall–Kier alpha value is -2.15. The van der Waals surface area contributed by atoms with Crippen LogP contribution in [0.15, 0.2) is 23.4 Å². The van der Waals surface area contributed by atoms with Gasteiger partial charge in [0, 0.05) is 18.2 Å². The number of benzene rings is 1. The molecule has 6 nitrogen and oxygen atoms in total. The fourth-order valence-corrected chi connectivity index (χ4v) is 1.78. The van der Waals surface area contributed by atoms with Gasteiger partial charge >= 0.3 is 0 Å². The minimum atomic E-state index is -0.478. The summed E-state index contributed by atoms with van der Waals surface area (Å²) in [4.78, 5) is 11.5. The van der Waals surface area contributed by atoms with E-state index in [9.17, 15) is 9.18 Å². The Morgan fingerprint density at radius 1 is 1.45 bits per heavy atom. The van der Waals surface area contributed by atoms with E-state index in [-0.39, 0.29) is 18.3 Å². The summed E-state index contributed by atoms with van der Waals surface area (Å²) >= 11 is 0. The molecule has 1 aliphatic carbocycles. The average Bonchev–Trinajstić information content (AvgIpc) is 3.21. The van der Waals surface area contributed by atoms with E-state index in [4.69, 9.17) is 10.9 Å². The molecule has 1 aromatic rings.